The molecule has 0 unspecified atom stereocenters. The molecule has 0 aliphatic rings. The lowest BCUT2D eigenvalue weighted by Crippen LogP contribution is -2.24. The number of amides is 1. The highest BCUT2D eigenvalue weighted by atomic mass is 35.5. The molecule has 1 heterocycles. The molecule has 0 radical (unpaired) electrons. The first-order chi connectivity index (χ1) is 14.7. The second-order valence-corrected chi connectivity index (χ2v) is 7.12. The minimum Gasteiger partial charge on any atom is -0.484 e. The van der Waals surface area contributed by atoms with Crippen LogP contribution in [0.1, 0.15) is 11.1 Å². The molecule has 0 saturated carbocycles. The lowest BCUT2D eigenvalue weighted by atomic mass is 10.2. The van der Waals surface area contributed by atoms with Gasteiger partial charge in [-0.1, -0.05) is 66.2 Å². The Balaban J connectivity index is 1.46. The lowest BCUT2D eigenvalue weighted by molar-refractivity contribution is -0.123. The molecule has 4 rings (SSSR count). The third-order valence-corrected chi connectivity index (χ3v) is 4.99. The van der Waals surface area contributed by atoms with E-state index in [1.54, 1.807) is 18.3 Å². The van der Waals surface area contributed by atoms with Gasteiger partial charge in [-0.25, -0.2) is 5.43 Å². The van der Waals surface area contributed by atoms with E-state index in [0.29, 0.717) is 12.3 Å². The Kier molecular flexibility index (Phi) is 6.11. The van der Waals surface area contributed by atoms with E-state index < -0.39 is 0 Å². The van der Waals surface area contributed by atoms with Crippen molar-refractivity contribution < 1.29 is 9.53 Å². The lowest BCUT2D eigenvalue weighted by Gasteiger charge is -2.07. The number of hydrogen-bond acceptors (Lipinski definition) is 3. The summed E-state index contributed by atoms with van der Waals surface area (Å²) in [5, 5.41) is 5.88. The van der Waals surface area contributed by atoms with E-state index in [-0.39, 0.29) is 12.5 Å². The number of ether oxygens (including phenoxy) is 1. The van der Waals surface area contributed by atoms with Crippen molar-refractivity contribution in [3.63, 3.8) is 0 Å². The maximum atomic E-state index is 12.0. The molecule has 0 aliphatic heterocycles. The summed E-state index contributed by atoms with van der Waals surface area (Å²) in [6, 6.07) is 25.0. The molecule has 0 aliphatic carbocycles. The Hall–Kier alpha value is -3.57. The number of carbonyl (C=O) groups excluding carboxylic acids is 1. The zero-order valence-electron chi connectivity index (χ0n) is 16.2. The summed E-state index contributed by atoms with van der Waals surface area (Å²) in [6.45, 7) is 0.543. The largest absolute Gasteiger partial charge is 0.484 e. The maximum Gasteiger partial charge on any atom is 0.277 e. The SMILES string of the molecule is O=C(COc1ccccc1)N/N=C\c1cn(Cc2ccccc2Cl)c2ccccc12. The summed E-state index contributed by atoms with van der Waals surface area (Å²) in [7, 11) is 0. The number of nitrogens with one attached hydrogen (secondary N) is 1. The Bertz CT molecular complexity index is 1190. The first-order valence-electron chi connectivity index (χ1n) is 9.52. The number of nitrogens with zero attached hydrogens (tertiary/aromatic N) is 2. The van der Waals surface area contributed by atoms with Crippen LogP contribution in [0.15, 0.2) is 90.2 Å². The van der Waals surface area contributed by atoms with Crippen molar-refractivity contribution in [3.05, 3.63) is 101 Å². The van der Waals surface area contributed by atoms with E-state index in [1.807, 2.05) is 66.9 Å². The van der Waals surface area contributed by atoms with Crippen molar-refractivity contribution in [1.29, 1.82) is 0 Å². The van der Waals surface area contributed by atoms with Gasteiger partial charge in [-0.05, 0) is 29.8 Å². The third-order valence-electron chi connectivity index (χ3n) is 4.62. The third kappa shape index (κ3) is 4.70. The van der Waals surface area contributed by atoms with Crippen LogP contribution in [0.3, 0.4) is 0 Å². The number of carbonyl (C=O) groups is 1. The van der Waals surface area contributed by atoms with Gasteiger partial charge in [0.05, 0.1) is 6.21 Å². The number of aromatic nitrogens is 1. The fourth-order valence-electron chi connectivity index (χ4n) is 3.19. The van der Waals surface area contributed by atoms with Crippen LogP contribution < -0.4 is 10.2 Å². The zero-order chi connectivity index (χ0) is 20.8. The van der Waals surface area contributed by atoms with Gasteiger partial charge in [0.15, 0.2) is 6.61 Å². The number of rotatable bonds is 7. The van der Waals surface area contributed by atoms with Crippen LogP contribution >= 0.6 is 11.6 Å². The predicted octanol–water partition coefficient (Wildman–Crippen LogP) is 4.87. The molecule has 0 fully saturated rings. The van der Waals surface area contributed by atoms with Gasteiger partial charge < -0.3 is 9.30 Å². The number of halogens is 1. The molecule has 1 amide bonds. The van der Waals surface area contributed by atoms with Gasteiger partial charge in [-0.2, -0.15) is 5.10 Å². The van der Waals surface area contributed by atoms with Crippen LogP contribution in [0.25, 0.3) is 10.9 Å². The average molecular weight is 418 g/mol. The quantitative estimate of drug-likeness (QED) is 0.344. The Morgan fingerprint density at radius 2 is 1.73 bits per heavy atom. The van der Waals surface area contributed by atoms with Crippen LogP contribution in [0, 0.1) is 0 Å². The van der Waals surface area contributed by atoms with Gasteiger partial charge in [-0.15, -0.1) is 0 Å². The summed E-state index contributed by atoms with van der Waals surface area (Å²) >= 11 is 6.33. The molecular formula is C24H20ClN3O2. The fourth-order valence-corrected chi connectivity index (χ4v) is 3.39. The predicted molar refractivity (Wildman–Crippen MR) is 120 cm³/mol. The van der Waals surface area contributed by atoms with Gasteiger partial charge in [0.2, 0.25) is 0 Å². The first kappa shape index (κ1) is 19.7. The number of hydrazone groups is 1. The molecule has 0 atom stereocenters. The average Bonchev–Trinajstić information content (AvgIpc) is 3.12. The number of para-hydroxylation sites is 2. The summed E-state index contributed by atoms with van der Waals surface area (Å²) in [5.41, 5.74) is 5.52. The van der Waals surface area contributed by atoms with Crippen LogP contribution in [-0.2, 0) is 11.3 Å². The minimum atomic E-state index is -0.324. The van der Waals surface area contributed by atoms with Gasteiger partial charge in [0.25, 0.3) is 5.91 Å². The summed E-state index contributed by atoms with van der Waals surface area (Å²) in [5.74, 6) is 0.314. The maximum absolute atomic E-state index is 12.0. The normalized spacial score (nSPS) is 11.1. The topological polar surface area (TPSA) is 55.6 Å². The van der Waals surface area contributed by atoms with Crippen molar-refractivity contribution in [2.75, 3.05) is 6.61 Å². The van der Waals surface area contributed by atoms with E-state index in [4.69, 9.17) is 16.3 Å². The van der Waals surface area contributed by atoms with Crippen molar-refractivity contribution in [2.45, 2.75) is 6.54 Å². The molecule has 6 heteroatoms. The highest BCUT2D eigenvalue weighted by Crippen LogP contribution is 2.23. The molecule has 0 bridgehead atoms. The number of hydrogen-bond donors (Lipinski definition) is 1. The molecule has 4 aromatic rings. The summed E-state index contributed by atoms with van der Waals surface area (Å²) < 4.78 is 7.54. The van der Waals surface area contributed by atoms with E-state index in [1.165, 1.54) is 0 Å². The minimum absolute atomic E-state index is 0.102. The standard InChI is InChI=1S/C24H20ClN3O2/c25-22-12-6-4-8-18(22)15-28-16-19(21-11-5-7-13-23(21)28)14-26-27-24(29)17-30-20-9-2-1-3-10-20/h1-14,16H,15,17H2,(H,27,29)/b26-14-. The van der Waals surface area contributed by atoms with Crippen LogP contribution in [0.4, 0.5) is 0 Å². The second kappa shape index (κ2) is 9.29. The highest BCUT2D eigenvalue weighted by Gasteiger charge is 2.09. The monoisotopic (exact) mass is 417 g/mol. The zero-order valence-corrected chi connectivity index (χ0v) is 16.9. The molecule has 1 N–H and O–H groups in total. The molecule has 3 aromatic carbocycles. The molecular weight excluding hydrogens is 398 g/mol. The Labute approximate surface area is 179 Å². The molecule has 5 nitrogen and oxygen atoms in total. The molecule has 0 saturated heterocycles. The van der Waals surface area contributed by atoms with Gasteiger partial charge in [-0.3, -0.25) is 4.79 Å². The summed E-state index contributed by atoms with van der Waals surface area (Å²) in [6.07, 6.45) is 3.65. The highest BCUT2D eigenvalue weighted by molar-refractivity contribution is 6.31. The van der Waals surface area contributed by atoms with E-state index >= 15 is 0 Å². The molecule has 150 valence electrons. The van der Waals surface area contributed by atoms with E-state index in [9.17, 15) is 4.79 Å². The van der Waals surface area contributed by atoms with Crippen molar-refractivity contribution in [1.82, 2.24) is 9.99 Å². The number of fused-ring (bicyclic) bond motifs is 1. The molecule has 1 aromatic heterocycles. The fraction of sp³-hybridized carbons (Fsp3) is 0.0833. The van der Waals surface area contributed by atoms with E-state index in [0.717, 1.165) is 27.1 Å². The van der Waals surface area contributed by atoms with Gasteiger partial charge in [0, 0.05) is 34.2 Å². The second-order valence-electron chi connectivity index (χ2n) is 6.72. The first-order valence-corrected chi connectivity index (χ1v) is 9.89. The smallest absolute Gasteiger partial charge is 0.277 e. The van der Waals surface area contributed by atoms with Gasteiger partial charge >= 0.3 is 0 Å². The molecule has 0 spiro atoms. The van der Waals surface area contributed by atoms with Gasteiger partial charge in [0.1, 0.15) is 5.75 Å². The van der Waals surface area contributed by atoms with Crippen LogP contribution in [0.2, 0.25) is 5.02 Å². The summed E-state index contributed by atoms with van der Waals surface area (Å²) in [4.78, 5) is 12.0. The van der Waals surface area contributed by atoms with Crippen LogP contribution in [0.5, 0.6) is 5.75 Å². The molecule has 30 heavy (non-hydrogen) atoms. The van der Waals surface area contributed by atoms with Crippen molar-refractivity contribution >= 4 is 34.6 Å². The van der Waals surface area contributed by atoms with Crippen molar-refractivity contribution in [2.24, 2.45) is 5.10 Å². The Morgan fingerprint density at radius 3 is 2.57 bits per heavy atom. The van der Waals surface area contributed by atoms with Crippen LogP contribution in [-0.4, -0.2) is 23.3 Å². The van der Waals surface area contributed by atoms with E-state index in [2.05, 4.69) is 21.2 Å². The number of benzene rings is 3. The Morgan fingerprint density at radius 1 is 1.00 bits per heavy atom. The van der Waals surface area contributed by atoms with Crippen molar-refractivity contribution in [3.8, 4) is 5.75 Å².